The summed E-state index contributed by atoms with van der Waals surface area (Å²) in [5, 5.41) is 17.8. The third-order valence-corrected chi connectivity index (χ3v) is 3.87. The van der Waals surface area contributed by atoms with Crippen LogP contribution in [0.3, 0.4) is 0 Å². The van der Waals surface area contributed by atoms with Gasteiger partial charge in [-0.2, -0.15) is 0 Å². The van der Waals surface area contributed by atoms with E-state index in [1.165, 1.54) is 0 Å². The zero-order valence-corrected chi connectivity index (χ0v) is 11.7. The molecule has 2 rings (SSSR count). The Morgan fingerprint density at radius 3 is 3.22 bits per heavy atom. The second-order valence-corrected chi connectivity index (χ2v) is 5.59. The summed E-state index contributed by atoms with van der Waals surface area (Å²) in [5.74, 6) is 0.689. The van der Waals surface area contributed by atoms with Gasteiger partial charge < -0.3 is 15.3 Å². The summed E-state index contributed by atoms with van der Waals surface area (Å²) >= 11 is 1.63. The molecule has 0 spiro atoms. The fraction of sp³-hybridized carbons (Fsp3) is 0.750. The number of nitrogens with one attached hydrogen (secondary N) is 1. The lowest BCUT2D eigenvalue weighted by atomic mass is 10.1. The van der Waals surface area contributed by atoms with Crippen molar-refractivity contribution in [3.05, 3.63) is 10.4 Å². The molecule has 0 aromatic carbocycles. The average Bonchev–Trinajstić information content (AvgIpc) is 2.76. The first-order valence-electron chi connectivity index (χ1n) is 6.46. The molecule has 1 aromatic heterocycles. The zero-order valence-electron chi connectivity index (χ0n) is 10.9. The maximum atomic E-state index is 9.41. The summed E-state index contributed by atoms with van der Waals surface area (Å²) in [6.45, 7) is 6.41. The number of thiazole rings is 1. The third kappa shape index (κ3) is 3.91. The van der Waals surface area contributed by atoms with Crippen LogP contribution in [0.1, 0.15) is 25.3 Å². The fourth-order valence-corrected chi connectivity index (χ4v) is 2.72. The van der Waals surface area contributed by atoms with Crippen molar-refractivity contribution in [3.63, 3.8) is 0 Å². The van der Waals surface area contributed by atoms with Crippen LogP contribution in [-0.4, -0.2) is 46.9 Å². The summed E-state index contributed by atoms with van der Waals surface area (Å²) < 4.78 is 0. The van der Waals surface area contributed by atoms with E-state index < -0.39 is 0 Å². The molecule has 1 saturated heterocycles. The molecule has 0 aliphatic carbocycles. The van der Waals surface area contributed by atoms with Gasteiger partial charge in [-0.1, -0.05) is 6.92 Å². The average molecular weight is 271 g/mol. The number of aliphatic hydroxyl groups is 1. The predicted molar refractivity (Wildman–Crippen MR) is 71.8 cm³/mol. The molecule has 0 radical (unpaired) electrons. The normalized spacial score (nSPS) is 22.9. The van der Waals surface area contributed by atoms with Gasteiger partial charge in [0.05, 0.1) is 23.0 Å². The number of piperazine rings is 1. The number of hydrogen-bond donors (Lipinski definition) is 2. The summed E-state index contributed by atoms with van der Waals surface area (Å²) in [6.07, 6.45) is 1.41. The number of nitrogens with zero attached hydrogens (tertiary/aromatic N) is 2. The molecule has 0 saturated carbocycles. The molecule has 0 bridgehead atoms. The second-order valence-electron chi connectivity index (χ2n) is 4.65. The van der Waals surface area contributed by atoms with Gasteiger partial charge in [0.25, 0.3) is 0 Å². The van der Waals surface area contributed by atoms with Gasteiger partial charge in [0.2, 0.25) is 5.88 Å². The number of aliphatic hydroxyl groups excluding tert-OH is 1. The van der Waals surface area contributed by atoms with Crippen LogP contribution in [-0.2, 0) is 6.42 Å². The van der Waals surface area contributed by atoms with E-state index in [0.717, 1.165) is 37.5 Å². The molecular formula is C12H21N3O2S. The van der Waals surface area contributed by atoms with Crippen LogP contribution in [0.2, 0.25) is 0 Å². The molecule has 2 heterocycles. The number of hydroxylamine groups is 2. The minimum atomic E-state index is -0.284. The van der Waals surface area contributed by atoms with E-state index >= 15 is 0 Å². The summed E-state index contributed by atoms with van der Waals surface area (Å²) in [5.41, 5.74) is 0. The molecule has 6 heteroatoms. The van der Waals surface area contributed by atoms with E-state index in [4.69, 9.17) is 4.84 Å². The molecule has 0 amide bonds. The standard InChI is InChI=1S/C12H21N3O2S/c1-3-12-14-11(8-18-12)17-15-5-4-13-10(7-15)6-9(2)16/h8-10,13,16H,3-7H2,1-2H3. The largest absolute Gasteiger partial charge is 0.393 e. The van der Waals surface area contributed by atoms with Gasteiger partial charge in [0, 0.05) is 19.1 Å². The molecule has 1 aliphatic heterocycles. The van der Waals surface area contributed by atoms with Gasteiger partial charge in [-0.05, 0) is 19.8 Å². The Hall–Kier alpha value is -0.690. The Kier molecular flexibility index (Phi) is 4.94. The van der Waals surface area contributed by atoms with Crippen LogP contribution >= 0.6 is 11.3 Å². The Morgan fingerprint density at radius 1 is 1.72 bits per heavy atom. The Labute approximate surface area is 112 Å². The van der Waals surface area contributed by atoms with Gasteiger partial charge in [0.15, 0.2) is 0 Å². The van der Waals surface area contributed by atoms with E-state index in [9.17, 15) is 5.11 Å². The van der Waals surface area contributed by atoms with Crippen molar-refractivity contribution in [3.8, 4) is 5.88 Å². The van der Waals surface area contributed by atoms with Gasteiger partial charge >= 0.3 is 0 Å². The van der Waals surface area contributed by atoms with Crippen molar-refractivity contribution in [2.24, 2.45) is 0 Å². The van der Waals surface area contributed by atoms with Crippen LogP contribution in [0.15, 0.2) is 5.38 Å². The van der Waals surface area contributed by atoms with Crippen molar-refractivity contribution >= 4 is 11.3 Å². The monoisotopic (exact) mass is 271 g/mol. The second kappa shape index (κ2) is 6.47. The van der Waals surface area contributed by atoms with E-state index in [1.807, 2.05) is 17.4 Å². The smallest absolute Gasteiger partial charge is 0.249 e. The first-order valence-corrected chi connectivity index (χ1v) is 7.34. The van der Waals surface area contributed by atoms with Crippen LogP contribution in [0, 0.1) is 0 Å². The van der Waals surface area contributed by atoms with Crippen molar-refractivity contribution in [2.45, 2.75) is 38.8 Å². The lowest BCUT2D eigenvalue weighted by Crippen LogP contribution is -2.52. The highest BCUT2D eigenvalue weighted by Crippen LogP contribution is 2.18. The number of hydrogen-bond acceptors (Lipinski definition) is 6. The van der Waals surface area contributed by atoms with E-state index in [0.29, 0.717) is 5.88 Å². The first-order chi connectivity index (χ1) is 8.67. The molecule has 2 atom stereocenters. The summed E-state index contributed by atoms with van der Waals surface area (Å²) in [4.78, 5) is 10.2. The summed E-state index contributed by atoms with van der Waals surface area (Å²) in [7, 11) is 0. The highest BCUT2D eigenvalue weighted by atomic mass is 32.1. The lowest BCUT2D eigenvalue weighted by molar-refractivity contribution is -0.0841. The van der Waals surface area contributed by atoms with Crippen LogP contribution < -0.4 is 10.2 Å². The SMILES string of the molecule is CCc1nc(ON2CCNC(CC(C)O)C2)cs1. The third-order valence-electron chi connectivity index (χ3n) is 2.90. The van der Waals surface area contributed by atoms with E-state index in [-0.39, 0.29) is 12.1 Å². The predicted octanol–water partition coefficient (Wildman–Crippen LogP) is 1.04. The quantitative estimate of drug-likeness (QED) is 0.838. The molecule has 2 N–H and O–H groups in total. The number of aromatic nitrogens is 1. The fourth-order valence-electron chi connectivity index (χ4n) is 2.08. The first kappa shape index (κ1) is 13.7. The minimum absolute atomic E-state index is 0.281. The maximum absolute atomic E-state index is 9.41. The van der Waals surface area contributed by atoms with Crippen LogP contribution in [0.25, 0.3) is 0 Å². The van der Waals surface area contributed by atoms with Gasteiger partial charge in [-0.25, -0.2) is 4.98 Å². The highest BCUT2D eigenvalue weighted by molar-refractivity contribution is 7.09. The number of rotatable bonds is 5. The van der Waals surface area contributed by atoms with E-state index in [2.05, 4.69) is 17.2 Å². The van der Waals surface area contributed by atoms with Crippen LogP contribution in [0.5, 0.6) is 5.88 Å². The lowest BCUT2D eigenvalue weighted by Gasteiger charge is -2.32. The molecule has 1 aromatic rings. The molecule has 2 unspecified atom stereocenters. The van der Waals surface area contributed by atoms with Crippen molar-refractivity contribution in [1.29, 1.82) is 0 Å². The molecule has 1 fully saturated rings. The number of aryl methyl sites for hydroxylation is 1. The Balaban J connectivity index is 1.85. The molecule has 18 heavy (non-hydrogen) atoms. The molecule has 1 aliphatic rings. The molecule has 102 valence electrons. The minimum Gasteiger partial charge on any atom is -0.393 e. The van der Waals surface area contributed by atoms with Crippen molar-refractivity contribution < 1.29 is 9.94 Å². The topological polar surface area (TPSA) is 57.6 Å². The van der Waals surface area contributed by atoms with Crippen LogP contribution in [0.4, 0.5) is 0 Å². The zero-order chi connectivity index (χ0) is 13.0. The molecule has 5 nitrogen and oxygen atoms in total. The van der Waals surface area contributed by atoms with E-state index in [1.54, 1.807) is 11.3 Å². The maximum Gasteiger partial charge on any atom is 0.249 e. The molecular weight excluding hydrogens is 250 g/mol. The van der Waals surface area contributed by atoms with Gasteiger partial charge in [-0.15, -0.1) is 16.4 Å². The van der Waals surface area contributed by atoms with Crippen molar-refractivity contribution in [2.75, 3.05) is 19.6 Å². The Bertz CT molecular complexity index is 370. The van der Waals surface area contributed by atoms with Gasteiger partial charge in [-0.3, -0.25) is 0 Å². The highest BCUT2D eigenvalue weighted by Gasteiger charge is 2.22. The van der Waals surface area contributed by atoms with Gasteiger partial charge in [0.1, 0.15) is 0 Å². The summed E-state index contributed by atoms with van der Waals surface area (Å²) in [6, 6.07) is 0.281. The van der Waals surface area contributed by atoms with Crippen molar-refractivity contribution in [1.82, 2.24) is 15.4 Å². The Morgan fingerprint density at radius 2 is 2.56 bits per heavy atom.